The first-order chi connectivity index (χ1) is 9.06. The summed E-state index contributed by atoms with van der Waals surface area (Å²) in [5, 5.41) is 0. The lowest BCUT2D eigenvalue weighted by Gasteiger charge is -2.07. The van der Waals surface area contributed by atoms with Crippen LogP contribution in [-0.4, -0.2) is 15.8 Å². The number of carbonyl (C=O) groups excluding carboxylic acids is 1. The zero-order valence-electron chi connectivity index (χ0n) is 11.0. The Hall–Kier alpha value is -1.55. The van der Waals surface area contributed by atoms with Crippen LogP contribution in [-0.2, 0) is 11.2 Å². The van der Waals surface area contributed by atoms with Gasteiger partial charge in [-0.1, -0.05) is 22.0 Å². The Morgan fingerprint density at radius 2 is 2.11 bits per heavy atom. The van der Waals surface area contributed by atoms with Crippen molar-refractivity contribution in [2.45, 2.75) is 26.7 Å². The van der Waals surface area contributed by atoms with E-state index in [2.05, 4.69) is 38.9 Å². The first kappa shape index (κ1) is 13.9. The highest BCUT2D eigenvalue weighted by Crippen LogP contribution is 2.25. The summed E-state index contributed by atoms with van der Waals surface area (Å²) in [6.45, 7) is 3.64. The van der Waals surface area contributed by atoms with E-state index in [0.29, 0.717) is 18.7 Å². The van der Waals surface area contributed by atoms with Crippen molar-refractivity contribution in [3.63, 3.8) is 0 Å². The van der Waals surface area contributed by atoms with Crippen LogP contribution in [0, 0.1) is 6.92 Å². The van der Waals surface area contributed by atoms with Crippen LogP contribution in [0.5, 0.6) is 0 Å². The molecule has 0 aliphatic rings. The maximum atomic E-state index is 11.0. The smallest absolute Gasteiger partial charge is 0.130 e. The van der Waals surface area contributed by atoms with E-state index in [-0.39, 0.29) is 5.78 Å². The average Bonchev–Trinajstić information content (AvgIpc) is 2.39. The number of rotatable bonds is 4. The van der Waals surface area contributed by atoms with Crippen LogP contribution in [0.1, 0.15) is 24.7 Å². The van der Waals surface area contributed by atoms with Crippen LogP contribution >= 0.6 is 15.9 Å². The van der Waals surface area contributed by atoms with Crippen molar-refractivity contribution < 1.29 is 4.79 Å². The molecule has 0 aliphatic heterocycles. The quantitative estimate of drug-likeness (QED) is 0.862. The summed E-state index contributed by atoms with van der Waals surface area (Å²) in [4.78, 5) is 19.8. The third kappa shape index (κ3) is 3.70. The fourth-order valence-electron chi connectivity index (χ4n) is 1.83. The maximum absolute atomic E-state index is 11.0. The zero-order valence-corrected chi connectivity index (χ0v) is 12.6. The van der Waals surface area contributed by atoms with Crippen LogP contribution in [0.3, 0.4) is 0 Å². The Balaban J connectivity index is 2.32. The van der Waals surface area contributed by atoms with Crippen LogP contribution in [0.4, 0.5) is 0 Å². The van der Waals surface area contributed by atoms with E-state index in [9.17, 15) is 4.79 Å². The van der Waals surface area contributed by atoms with Crippen LogP contribution < -0.4 is 0 Å². The minimum atomic E-state index is 0.160. The topological polar surface area (TPSA) is 42.9 Å². The van der Waals surface area contributed by atoms with Crippen molar-refractivity contribution >= 4 is 21.7 Å². The molecule has 4 heteroatoms. The van der Waals surface area contributed by atoms with Gasteiger partial charge in [-0.05, 0) is 37.6 Å². The van der Waals surface area contributed by atoms with Crippen molar-refractivity contribution in [1.29, 1.82) is 0 Å². The van der Waals surface area contributed by atoms with Gasteiger partial charge in [-0.2, -0.15) is 0 Å². The highest BCUT2D eigenvalue weighted by Gasteiger charge is 2.06. The number of ketones is 1. The number of hydrogen-bond acceptors (Lipinski definition) is 3. The number of nitrogens with zero attached hydrogens (tertiary/aromatic N) is 2. The SMILES string of the molecule is CC(=O)CCc1nccc(-c2cc(Br)ccc2C)n1. The number of benzene rings is 1. The standard InChI is InChI=1S/C15H15BrN2O/c1-10-3-5-12(16)9-13(10)14-7-8-17-15(18-14)6-4-11(2)19/h3,5,7-9H,4,6H2,1-2H3. The molecule has 0 unspecified atom stereocenters. The van der Waals surface area contributed by atoms with Crippen LogP contribution in [0.15, 0.2) is 34.9 Å². The molecule has 0 radical (unpaired) electrons. The van der Waals surface area contributed by atoms with Crippen LogP contribution in [0.25, 0.3) is 11.3 Å². The number of carbonyl (C=O) groups is 1. The van der Waals surface area contributed by atoms with E-state index in [1.165, 1.54) is 5.56 Å². The summed E-state index contributed by atoms with van der Waals surface area (Å²) in [6.07, 6.45) is 2.83. The van der Waals surface area contributed by atoms with Gasteiger partial charge < -0.3 is 4.79 Å². The van der Waals surface area contributed by atoms with Crippen molar-refractivity contribution in [2.24, 2.45) is 0 Å². The summed E-state index contributed by atoms with van der Waals surface area (Å²) in [7, 11) is 0. The molecule has 19 heavy (non-hydrogen) atoms. The molecule has 0 amide bonds. The second kappa shape index (κ2) is 6.06. The molecule has 0 atom stereocenters. The Labute approximate surface area is 121 Å². The van der Waals surface area contributed by atoms with Gasteiger partial charge in [0.15, 0.2) is 0 Å². The van der Waals surface area contributed by atoms with Gasteiger partial charge in [0, 0.05) is 29.1 Å². The summed E-state index contributed by atoms with van der Waals surface area (Å²) in [5.74, 6) is 0.875. The average molecular weight is 319 g/mol. The molecule has 0 N–H and O–H groups in total. The number of halogens is 1. The minimum Gasteiger partial charge on any atom is -0.300 e. The highest BCUT2D eigenvalue weighted by atomic mass is 79.9. The predicted molar refractivity (Wildman–Crippen MR) is 78.9 cm³/mol. The molecule has 0 saturated heterocycles. The highest BCUT2D eigenvalue weighted by molar-refractivity contribution is 9.10. The Morgan fingerprint density at radius 1 is 1.32 bits per heavy atom. The molecule has 0 bridgehead atoms. The third-order valence-corrected chi connectivity index (χ3v) is 3.37. The van der Waals surface area contributed by atoms with Crippen molar-refractivity contribution in [2.75, 3.05) is 0 Å². The number of Topliss-reactive ketones (excluding diaryl/α,β-unsaturated/α-hetero) is 1. The van der Waals surface area contributed by atoms with E-state index in [0.717, 1.165) is 15.7 Å². The number of aromatic nitrogens is 2. The van der Waals surface area contributed by atoms with Gasteiger partial charge in [-0.3, -0.25) is 0 Å². The molecule has 0 saturated carbocycles. The van der Waals surface area contributed by atoms with Gasteiger partial charge in [0.05, 0.1) is 5.69 Å². The maximum Gasteiger partial charge on any atom is 0.130 e. The molecule has 1 aromatic heterocycles. The van der Waals surface area contributed by atoms with Crippen LogP contribution in [0.2, 0.25) is 0 Å². The molecule has 3 nitrogen and oxygen atoms in total. The summed E-state index contributed by atoms with van der Waals surface area (Å²) in [5.41, 5.74) is 3.15. The first-order valence-electron chi connectivity index (χ1n) is 6.14. The monoisotopic (exact) mass is 318 g/mol. The molecule has 2 rings (SSSR count). The second-order valence-electron chi connectivity index (χ2n) is 4.52. The molecule has 0 aliphatic carbocycles. The van der Waals surface area contributed by atoms with E-state index in [1.807, 2.05) is 18.2 Å². The van der Waals surface area contributed by atoms with E-state index >= 15 is 0 Å². The lowest BCUT2D eigenvalue weighted by Crippen LogP contribution is -2.00. The lowest BCUT2D eigenvalue weighted by atomic mass is 10.1. The van der Waals surface area contributed by atoms with E-state index < -0.39 is 0 Å². The zero-order chi connectivity index (χ0) is 13.8. The first-order valence-corrected chi connectivity index (χ1v) is 6.93. The lowest BCUT2D eigenvalue weighted by molar-refractivity contribution is -0.117. The van der Waals surface area contributed by atoms with Gasteiger partial charge in [-0.25, -0.2) is 9.97 Å². The van der Waals surface area contributed by atoms with Crippen molar-refractivity contribution in [1.82, 2.24) is 9.97 Å². The van der Waals surface area contributed by atoms with E-state index in [1.54, 1.807) is 13.1 Å². The molecule has 0 fully saturated rings. The number of hydrogen-bond donors (Lipinski definition) is 0. The summed E-state index contributed by atoms with van der Waals surface area (Å²) in [6, 6.07) is 8.01. The van der Waals surface area contributed by atoms with Gasteiger partial charge in [-0.15, -0.1) is 0 Å². The minimum absolute atomic E-state index is 0.160. The van der Waals surface area contributed by atoms with Gasteiger partial charge in [0.2, 0.25) is 0 Å². The molecule has 2 aromatic rings. The molecular weight excluding hydrogens is 304 g/mol. The fourth-order valence-corrected chi connectivity index (χ4v) is 2.19. The Morgan fingerprint density at radius 3 is 2.84 bits per heavy atom. The second-order valence-corrected chi connectivity index (χ2v) is 5.44. The van der Waals surface area contributed by atoms with Crippen molar-refractivity contribution in [3.05, 3.63) is 46.3 Å². The number of aryl methyl sites for hydroxylation is 2. The predicted octanol–water partition coefficient (Wildman–Crippen LogP) is 3.74. The molecule has 98 valence electrons. The third-order valence-electron chi connectivity index (χ3n) is 2.88. The van der Waals surface area contributed by atoms with Gasteiger partial charge in [0.1, 0.15) is 11.6 Å². The van der Waals surface area contributed by atoms with Gasteiger partial charge in [0.25, 0.3) is 0 Å². The Kier molecular flexibility index (Phi) is 4.43. The normalized spacial score (nSPS) is 10.5. The summed E-state index contributed by atoms with van der Waals surface area (Å²) >= 11 is 3.47. The fraction of sp³-hybridized carbons (Fsp3) is 0.267. The Bertz CT molecular complexity index is 611. The molecule has 0 spiro atoms. The molecule has 1 heterocycles. The largest absolute Gasteiger partial charge is 0.300 e. The van der Waals surface area contributed by atoms with Crippen molar-refractivity contribution in [3.8, 4) is 11.3 Å². The summed E-state index contributed by atoms with van der Waals surface area (Å²) < 4.78 is 1.02. The van der Waals surface area contributed by atoms with E-state index in [4.69, 9.17) is 0 Å². The molecule has 1 aromatic carbocycles. The van der Waals surface area contributed by atoms with Gasteiger partial charge >= 0.3 is 0 Å². The molecular formula is C15H15BrN2O.